The Balaban J connectivity index is 1.93. The van der Waals surface area contributed by atoms with Crippen molar-refractivity contribution < 1.29 is 9.47 Å². The van der Waals surface area contributed by atoms with Crippen LogP contribution in [0.3, 0.4) is 0 Å². The molecule has 3 rings (SSSR count). The summed E-state index contributed by atoms with van der Waals surface area (Å²) in [5.74, 6) is 0.824. The van der Waals surface area contributed by atoms with Crippen molar-refractivity contribution in [2.45, 2.75) is 6.23 Å². The molecule has 1 heterocycles. The number of nitrogens with zero attached hydrogens (tertiary/aromatic N) is 1. The molecule has 0 N–H and O–H groups in total. The predicted octanol–water partition coefficient (Wildman–Crippen LogP) is 4.32. The molecule has 0 amide bonds. The maximum atomic E-state index is 5.85. The first-order valence-corrected chi connectivity index (χ1v) is 7.72. The van der Waals surface area contributed by atoms with Gasteiger partial charge in [0.1, 0.15) is 17.3 Å². The summed E-state index contributed by atoms with van der Waals surface area (Å²) in [4.78, 5) is 2.82. The van der Waals surface area contributed by atoms with Crippen molar-refractivity contribution in [1.29, 1.82) is 0 Å². The molecule has 0 aliphatic carbocycles. The van der Waals surface area contributed by atoms with E-state index < -0.39 is 0 Å². The monoisotopic (exact) mass is 363 g/mol. The molecule has 2 aromatic rings. The number of thiocarbonyl (C=S) groups is 1. The summed E-state index contributed by atoms with van der Waals surface area (Å²) >= 11 is 8.89. The summed E-state index contributed by atoms with van der Waals surface area (Å²) < 4.78 is 12.1. The van der Waals surface area contributed by atoms with E-state index >= 15 is 0 Å². The van der Waals surface area contributed by atoms with E-state index in [0.29, 0.717) is 6.61 Å². The van der Waals surface area contributed by atoms with Crippen molar-refractivity contribution in [3.8, 4) is 5.75 Å². The Kier molecular flexibility index (Phi) is 4.24. The van der Waals surface area contributed by atoms with Crippen LogP contribution in [0.5, 0.6) is 5.75 Å². The van der Waals surface area contributed by atoms with Gasteiger partial charge < -0.3 is 14.4 Å². The molecule has 1 aliphatic rings. The van der Waals surface area contributed by atoms with E-state index in [9.17, 15) is 0 Å². The Labute approximate surface area is 137 Å². The van der Waals surface area contributed by atoms with Crippen LogP contribution in [0, 0.1) is 0 Å². The molecule has 1 saturated heterocycles. The molecular formula is C16H14BrNO2S. The zero-order valence-electron chi connectivity index (χ0n) is 11.5. The maximum Gasteiger partial charge on any atom is 0.161 e. The average Bonchev–Trinajstić information content (AvgIpc) is 2.90. The first-order chi connectivity index (χ1) is 10.2. The Bertz CT molecular complexity index is 642. The standard InChI is InChI=1S/C16H14BrNO2S/c1-19-14-8-6-13(7-9-14)18-15(21)10-20-16(18)11-2-4-12(17)5-3-11/h2-9,16H,10H2,1H3/t16-/m1/s1. The smallest absolute Gasteiger partial charge is 0.161 e. The molecule has 1 aliphatic heterocycles. The average molecular weight is 364 g/mol. The summed E-state index contributed by atoms with van der Waals surface area (Å²) in [6.45, 7) is 0.460. The highest BCUT2D eigenvalue weighted by atomic mass is 79.9. The van der Waals surface area contributed by atoms with E-state index in [4.69, 9.17) is 21.7 Å². The van der Waals surface area contributed by atoms with Crippen LogP contribution < -0.4 is 9.64 Å². The number of benzene rings is 2. The number of hydrogen-bond acceptors (Lipinski definition) is 3. The van der Waals surface area contributed by atoms with E-state index in [2.05, 4.69) is 15.9 Å². The van der Waals surface area contributed by atoms with Crippen molar-refractivity contribution in [1.82, 2.24) is 0 Å². The molecule has 5 heteroatoms. The Hall–Kier alpha value is -1.43. The van der Waals surface area contributed by atoms with Gasteiger partial charge in [-0.05, 0) is 36.4 Å². The predicted molar refractivity (Wildman–Crippen MR) is 90.9 cm³/mol. The second-order valence-corrected chi connectivity index (χ2v) is 6.06. The zero-order valence-corrected chi connectivity index (χ0v) is 13.9. The fraction of sp³-hybridized carbons (Fsp3) is 0.188. The van der Waals surface area contributed by atoms with Crippen LogP contribution in [-0.4, -0.2) is 18.7 Å². The molecule has 1 atom stereocenters. The molecule has 0 spiro atoms. The molecule has 2 aromatic carbocycles. The highest BCUT2D eigenvalue weighted by molar-refractivity contribution is 9.10. The molecule has 3 nitrogen and oxygen atoms in total. The zero-order chi connectivity index (χ0) is 14.8. The molecule has 0 aromatic heterocycles. The van der Waals surface area contributed by atoms with Gasteiger partial charge in [-0.1, -0.05) is 40.3 Å². The van der Waals surface area contributed by atoms with E-state index in [1.807, 2.05) is 53.4 Å². The van der Waals surface area contributed by atoms with Gasteiger partial charge in [-0.2, -0.15) is 0 Å². The van der Waals surface area contributed by atoms with Gasteiger partial charge in [0.15, 0.2) is 6.23 Å². The number of halogens is 1. The van der Waals surface area contributed by atoms with Crippen LogP contribution in [0.1, 0.15) is 11.8 Å². The van der Waals surface area contributed by atoms with Crippen LogP contribution in [0.15, 0.2) is 53.0 Å². The molecule has 0 radical (unpaired) electrons. The molecule has 21 heavy (non-hydrogen) atoms. The highest BCUT2D eigenvalue weighted by Crippen LogP contribution is 2.34. The van der Waals surface area contributed by atoms with Gasteiger partial charge >= 0.3 is 0 Å². The minimum atomic E-state index is -0.181. The Morgan fingerprint density at radius 3 is 2.43 bits per heavy atom. The third-order valence-corrected chi connectivity index (χ3v) is 4.22. The van der Waals surface area contributed by atoms with E-state index in [-0.39, 0.29) is 6.23 Å². The summed E-state index contributed by atoms with van der Waals surface area (Å²) in [5, 5.41) is 0. The van der Waals surface area contributed by atoms with Crippen molar-refractivity contribution in [2.24, 2.45) is 0 Å². The number of anilines is 1. The maximum absolute atomic E-state index is 5.85. The summed E-state index contributed by atoms with van der Waals surface area (Å²) in [6.07, 6.45) is -0.181. The fourth-order valence-electron chi connectivity index (χ4n) is 2.32. The molecule has 1 fully saturated rings. The van der Waals surface area contributed by atoms with Gasteiger partial charge in [0, 0.05) is 15.7 Å². The molecule has 0 bridgehead atoms. The third-order valence-electron chi connectivity index (χ3n) is 3.37. The summed E-state index contributed by atoms with van der Waals surface area (Å²) in [5.41, 5.74) is 2.08. The van der Waals surface area contributed by atoms with E-state index in [1.54, 1.807) is 7.11 Å². The van der Waals surface area contributed by atoms with Crippen molar-refractivity contribution in [2.75, 3.05) is 18.6 Å². The van der Waals surface area contributed by atoms with Crippen molar-refractivity contribution >= 4 is 38.8 Å². The fourth-order valence-corrected chi connectivity index (χ4v) is 2.85. The van der Waals surface area contributed by atoms with Gasteiger partial charge in [0.25, 0.3) is 0 Å². The summed E-state index contributed by atoms with van der Waals surface area (Å²) in [6, 6.07) is 15.9. The first-order valence-electron chi connectivity index (χ1n) is 6.52. The first kappa shape index (κ1) is 14.5. The lowest BCUT2D eigenvalue weighted by molar-refractivity contribution is 0.117. The molecule has 0 saturated carbocycles. The molecule has 0 unspecified atom stereocenters. The lowest BCUT2D eigenvalue weighted by Gasteiger charge is -2.25. The van der Waals surface area contributed by atoms with Gasteiger partial charge in [0.05, 0.1) is 7.11 Å². The van der Waals surface area contributed by atoms with Crippen LogP contribution in [0.25, 0.3) is 0 Å². The van der Waals surface area contributed by atoms with Gasteiger partial charge in [-0.3, -0.25) is 0 Å². The van der Waals surface area contributed by atoms with Crippen molar-refractivity contribution in [3.05, 3.63) is 58.6 Å². The molecular weight excluding hydrogens is 350 g/mol. The lowest BCUT2D eigenvalue weighted by Crippen LogP contribution is -2.26. The largest absolute Gasteiger partial charge is 0.497 e. The highest BCUT2D eigenvalue weighted by Gasteiger charge is 2.31. The van der Waals surface area contributed by atoms with E-state index in [1.165, 1.54) is 0 Å². The number of hydrogen-bond donors (Lipinski definition) is 0. The quantitative estimate of drug-likeness (QED) is 0.757. The lowest BCUT2D eigenvalue weighted by atomic mass is 10.1. The van der Waals surface area contributed by atoms with Gasteiger partial charge in [0.2, 0.25) is 0 Å². The SMILES string of the molecule is COc1ccc(N2C(=S)CO[C@@H]2c2ccc(Br)cc2)cc1. The van der Waals surface area contributed by atoms with Gasteiger partial charge in [-0.25, -0.2) is 0 Å². The summed E-state index contributed by atoms with van der Waals surface area (Å²) in [7, 11) is 1.66. The second-order valence-electron chi connectivity index (χ2n) is 4.68. The van der Waals surface area contributed by atoms with Crippen LogP contribution >= 0.6 is 28.1 Å². The molecule has 108 valence electrons. The Morgan fingerprint density at radius 1 is 1.14 bits per heavy atom. The van der Waals surface area contributed by atoms with E-state index in [0.717, 1.165) is 26.5 Å². The number of rotatable bonds is 3. The normalized spacial score (nSPS) is 18.1. The third kappa shape index (κ3) is 2.95. The second kappa shape index (κ2) is 6.13. The minimum Gasteiger partial charge on any atom is -0.497 e. The topological polar surface area (TPSA) is 21.7 Å². The minimum absolute atomic E-state index is 0.181. The van der Waals surface area contributed by atoms with Crippen LogP contribution in [0.4, 0.5) is 5.69 Å². The van der Waals surface area contributed by atoms with Crippen LogP contribution in [0.2, 0.25) is 0 Å². The van der Waals surface area contributed by atoms with Crippen LogP contribution in [-0.2, 0) is 4.74 Å². The number of ether oxygens (including phenoxy) is 2. The van der Waals surface area contributed by atoms with Gasteiger partial charge in [-0.15, -0.1) is 0 Å². The van der Waals surface area contributed by atoms with Crippen molar-refractivity contribution in [3.63, 3.8) is 0 Å². The number of methoxy groups -OCH3 is 1. The Morgan fingerprint density at radius 2 is 1.81 bits per heavy atom.